The van der Waals surface area contributed by atoms with E-state index in [1.165, 1.54) is 6.20 Å². The molecule has 0 aromatic carbocycles. The number of anilines is 1. The highest BCUT2D eigenvalue weighted by atomic mass is 31.2. The van der Waals surface area contributed by atoms with Gasteiger partial charge in [0, 0.05) is 6.20 Å². The Labute approximate surface area is 147 Å². The van der Waals surface area contributed by atoms with E-state index in [1.54, 1.807) is 13.8 Å². The molecule has 1 aliphatic rings. The quantitative estimate of drug-likeness (QED) is 0.445. The number of rotatable bonds is 7. The van der Waals surface area contributed by atoms with Crippen molar-refractivity contribution in [3.63, 3.8) is 0 Å². The van der Waals surface area contributed by atoms with Crippen molar-refractivity contribution in [3.05, 3.63) is 28.1 Å². The van der Waals surface area contributed by atoms with Crippen molar-refractivity contribution < 1.29 is 32.8 Å². The first-order chi connectivity index (χ1) is 11.9. The second kappa shape index (κ2) is 7.28. The van der Waals surface area contributed by atoms with Crippen LogP contribution in [0, 0.1) is 17.2 Å². The third-order valence-electron chi connectivity index (χ3n) is 3.79. The smallest absolute Gasteiger partial charge is 0.464 e. The third-order valence-corrected chi connectivity index (χ3v) is 4.25. The zero-order chi connectivity index (χ0) is 19.7. The van der Waals surface area contributed by atoms with Gasteiger partial charge in [0.2, 0.25) is 0 Å². The minimum Gasteiger partial charge on any atom is -0.464 e. The molecule has 1 atom stereocenters. The highest BCUT2D eigenvalue weighted by molar-refractivity contribution is 7.46. The minimum absolute atomic E-state index is 0.199. The molecule has 2 rings (SSSR count). The number of phosphoric ester groups is 1. The summed E-state index contributed by atoms with van der Waals surface area (Å²) < 4.78 is 35.0. The Balaban J connectivity index is 2.24. The zero-order valence-electron chi connectivity index (χ0n) is 14.1. The zero-order valence-corrected chi connectivity index (χ0v) is 15.0. The second-order valence-corrected chi connectivity index (χ2v) is 7.54. The monoisotopic (exact) mass is 391 g/mol. The van der Waals surface area contributed by atoms with Crippen molar-refractivity contribution in [3.8, 4) is 0 Å². The van der Waals surface area contributed by atoms with E-state index in [0.29, 0.717) is 5.57 Å². The molecule has 0 spiro atoms. The number of nitrogens with zero attached hydrogens (tertiary/aromatic N) is 2. The number of aromatic nitrogens is 2. The van der Waals surface area contributed by atoms with Crippen molar-refractivity contribution in [1.29, 1.82) is 0 Å². The molecule has 0 bridgehead atoms. The lowest BCUT2D eigenvalue weighted by Crippen LogP contribution is -2.23. The van der Waals surface area contributed by atoms with Crippen LogP contribution in [0.25, 0.3) is 6.20 Å². The molecule has 0 aliphatic heterocycles. The van der Waals surface area contributed by atoms with E-state index in [4.69, 9.17) is 20.3 Å². The van der Waals surface area contributed by atoms with E-state index in [9.17, 15) is 18.5 Å². The van der Waals surface area contributed by atoms with Gasteiger partial charge in [0.1, 0.15) is 6.61 Å². The van der Waals surface area contributed by atoms with E-state index in [-0.39, 0.29) is 18.9 Å². The molecule has 1 aromatic heterocycles. The molecule has 1 aliphatic carbocycles. The molecule has 1 aromatic rings. The number of carbonyl (C=O) groups is 1. The van der Waals surface area contributed by atoms with Gasteiger partial charge in [0.15, 0.2) is 11.6 Å². The maximum absolute atomic E-state index is 13.5. The largest absolute Gasteiger partial charge is 0.469 e. The van der Waals surface area contributed by atoms with E-state index in [0.717, 1.165) is 10.8 Å². The molecule has 26 heavy (non-hydrogen) atoms. The van der Waals surface area contributed by atoms with Gasteiger partial charge in [-0.25, -0.2) is 13.8 Å². The van der Waals surface area contributed by atoms with E-state index < -0.39 is 43.1 Å². The van der Waals surface area contributed by atoms with Crippen LogP contribution in [0.4, 0.5) is 10.2 Å². The van der Waals surface area contributed by atoms with Crippen LogP contribution in [-0.2, 0) is 18.6 Å². The summed E-state index contributed by atoms with van der Waals surface area (Å²) in [6, 6.07) is 0. The standard InChI is InChI=1S/C14H19FN3O7P/c1-8(2)12(19)24-6-14(7-25-26(21,22)23)3-9(14)4-18-5-10(15)11(16)17-13(18)20/h4-5,8H,3,6-7H2,1-2H3,(H2,16,17,20)(H2,21,22,23). The molecule has 10 nitrogen and oxygen atoms in total. The number of carbonyl (C=O) groups excluding carboxylic acids is 1. The van der Waals surface area contributed by atoms with Crippen LogP contribution in [0.1, 0.15) is 20.3 Å². The van der Waals surface area contributed by atoms with Crippen molar-refractivity contribution in [2.75, 3.05) is 18.9 Å². The van der Waals surface area contributed by atoms with Gasteiger partial charge in [-0.3, -0.25) is 13.9 Å². The lowest BCUT2D eigenvalue weighted by Gasteiger charge is -2.17. The molecule has 12 heteroatoms. The number of ether oxygens (including phenoxy) is 1. The summed E-state index contributed by atoms with van der Waals surface area (Å²) in [6.07, 6.45) is 2.33. The Kier molecular flexibility index (Phi) is 5.67. The predicted octanol–water partition coefficient (Wildman–Crippen LogP) is 0.504. The fourth-order valence-electron chi connectivity index (χ4n) is 2.13. The molecule has 0 radical (unpaired) electrons. The molecule has 144 valence electrons. The minimum atomic E-state index is -4.75. The Morgan fingerprint density at radius 3 is 2.77 bits per heavy atom. The predicted molar refractivity (Wildman–Crippen MR) is 88.0 cm³/mol. The number of hydrogen-bond acceptors (Lipinski definition) is 7. The van der Waals surface area contributed by atoms with Gasteiger partial charge in [0.05, 0.1) is 24.1 Å². The van der Waals surface area contributed by atoms with Gasteiger partial charge in [0.25, 0.3) is 0 Å². The van der Waals surface area contributed by atoms with Gasteiger partial charge in [-0.15, -0.1) is 0 Å². The third kappa shape index (κ3) is 4.98. The summed E-state index contributed by atoms with van der Waals surface area (Å²) in [5.41, 5.74) is 3.85. The first-order valence-electron chi connectivity index (χ1n) is 7.55. The normalized spacial score (nSPS) is 21.2. The topological polar surface area (TPSA) is 154 Å². The molecular weight excluding hydrogens is 372 g/mol. The average molecular weight is 391 g/mol. The van der Waals surface area contributed by atoms with E-state index in [1.807, 2.05) is 0 Å². The highest BCUT2D eigenvalue weighted by Crippen LogP contribution is 2.55. The van der Waals surface area contributed by atoms with Crippen molar-refractivity contribution >= 4 is 25.8 Å². The molecular formula is C14H19FN3O7P. The fraction of sp³-hybridized carbons (Fsp3) is 0.500. The lowest BCUT2D eigenvalue weighted by molar-refractivity contribution is -0.149. The van der Waals surface area contributed by atoms with Crippen LogP contribution >= 0.6 is 7.82 Å². The van der Waals surface area contributed by atoms with Gasteiger partial charge in [-0.05, 0) is 12.0 Å². The summed E-state index contributed by atoms with van der Waals surface area (Å²) in [5.74, 6) is -2.32. The summed E-state index contributed by atoms with van der Waals surface area (Å²) >= 11 is 0. The Hall–Kier alpha value is -2.07. The maximum Gasteiger partial charge on any atom is 0.469 e. The van der Waals surface area contributed by atoms with Crippen molar-refractivity contribution in [2.45, 2.75) is 20.3 Å². The number of nitrogens with two attached hydrogens (primary N) is 1. The molecule has 1 heterocycles. The van der Waals surface area contributed by atoms with Crippen LogP contribution in [0.3, 0.4) is 0 Å². The number of phosphoric acid groups is 1. The van der Waals surface area contributed by atoms with Crippen molar-refractivity contribution in [2.24, 2.45) is 11.3 Å². The Bertz CT molecular complexity index is 847. The summed E-state index contributed by atoms with van der Waals surface area (Å²) in [7, 11) is -4.75. The first-order valence-corrected chi connectivity index (χ1v) is 9.08. The molecule has 0 amide bonds. The average Bonchev–Trinajstić information content (AvgIpc) is 3.21. The Morgan fingerprint density at radius 2 is 2.19 bits per heavy atom. The highest BCUT2D eigenvalue weighted by Gasteiger charge is 2.51. The number of esters is 1. The number of halogens is 1. The molecule has 0 saturated heterocycles. The molecule has 1 unspecified atom stereocenters. The van der Waals surface area contributed by atoms with Gasteiger partial charge in [-0.1, -0.05) is 13.8 Å². The van der Waals surface area contributed by atoms with Gasteiger partial charge < -0.3 is 20.3 Å². The summed E-state index contributed by atoms with van der Waals surface area (Å²) in [4.78, 5) is 44.5. The van der Waals surface area contributed by atoms with Crippen LogP contribution in [0.15, 0.2) is 16.6 Å². The molecule has 1 fully saturated rings. The maximum atomic E-state index is 13.5. The SMILES string of the molecule is CC(C)C(=O)OCC1(COP(=O)(O)O)CC1=Cn1cc(F)c(N)nc1=O. The van der Waals surface area contributed by atoms with E-state index in [2.05, 4.69) is 9.51 Å². The summed E-state index contributed by atoms with van der Waals surface area (Å²) in [5, 5.41) is 0. The van der Waals surface area contributed by atoms with Crippen LogP contribution in [0.5, 0.6) is 0 Å². The van der Waals surface area contributed by atoms with Crippen molar-refractivity contribution in [1.82, 2.24) is 9.55 Å². The number of hydrogen-bond donors (Lipinski definition) is 3. The van der Waals surface area contributed by atoms with Gasteiger partial charge in [-0.2, -0.15) is 4.98 Å². The first kappa shape index (κ1) is 20.2. The van der Waals surface area contributed by atoms with Crippen LogP contribution in [0.2, 0.25) is 0 Å². The van der Waals surface area contributed by atoms with Crippen LogP contribution in [-0.4, -0.2) is 38.5 Å². The lowest BCUT2D eigenvalue weighted by atomic mass is 10.1. The molecule has 4 N–H and O–H groups in total. The second-order valence-electron chi connectivity index (χ2n) is 6.30. The van der Waals surface area contributed by atoms with Gasteiger partial charge >= 0.3 is 19.5 Å². The number of nitrogen functional groups attached to an aromatic ring is 1. The molecule has 1 saturated carbocycles. The van der Waals surface area contributed by atoms with Crippen LogP contribution < -0.4 is 11.4 Å². The fourth-order valence-corrected chi connectivity index (χ4v) is 2.55. The van der Waals surface area contributed by atoms with E-state index >= 15 is 0 Å². The Morgan fingerprint density at radius 1 is 1.54 bits per heavy atom. The summed E-state index contributed by atoms with van der Waals surface area (Å²) in [6.45, 7) is 2.63.